The van der Waals surface area contributed by atoms with Crippen LogP contribution in [0.1, 0.15) is 35.5 Å². The Morgan fingerprint density at radius 1 is 1.12 bits per heavy atom. The Hall–Kier alpha value is -1.59. The van der Waals surface area contributed by atoms with E-state index < -0.39 is 0 Å². The minimum absolute atomic E-state index is 0.0126. The highest BCUT2D eigenvalue weighted by Crippen LogP contribution is 2.45. The van der Waals surface area contributed by atoms with Gasteiger partial charge in [0.1, 0.15) is 5.75 Å². The van der Waals surface area contributed by atoms with E-state index in [2.05, 4.69) is 31.3 Å². The molecule has 1 saturated heterocycles. The lowest BCUT2D eigenvalue weighted by Crippen LogP contribution is -2.21. The zero-order chi connectivity index (χ0) is 17.6. The standard InChI is InChI=1S/C20H23NO2S2/c1-14(2)17-5-3-4-6-18(17)21-19(22)13-23-16-9-7-15(8-10-16)20-24-11-12-25-20/h3-10,14,20H,11-13H2,1-2H3,(H,21,22). The first kappa shape index (κ1) is 18.2. The second-order valence-electron chi connectivity index (χ2n) is 6.22. The molecule has 5 heteroatoms. The predicted octanol–water partition coefficient (Wildman–Crippen LogP) is 5.31. The Labute approximate surface area is 157 Å². The number of hydrogen-bond acceptors (Lipinski definition) is 4. The van der Waals surface area contributed by atoms with Crippen molar-refractivity contribution < 1.29 is 9.53 Å². The van der Waals surface area contributed by atoms with Crippen LogP contribution in [0.3, 0.4) is 0 Å². The van der Waals surface area contributed by atoms with Crippen molar-refractivity contribution in [1.29, 1.82) is 0 Å². The van der Waals surface area contributed by atoms with Gasteiger partial charge in [0.05, 0.1) is 4.58 Å². The van der Waals surface area contributed by atoms with Gasteiger partial charge in [-0.15, -0.1) is 23.5 Å². The molecule has 0 atom stereocenters. The number of nitrogens with one attached hydrogen (secondary N) is 1. The van der Waals surface area contributed by atoms with Crippen LogP contribution in [0.5, 0.6) is 5.75 Å². The lowest BCUT2D eigenvalue weighted by Gasteiger charge is -2.14. The van der Waals surface area contributed by atoms with E-state index in [4.69, 9.17) is 4.74 Å². The maximum atomic E-state index is 12.2. The molecule has 0 spiro atoms. The minimum atomic E-state index is -0.140. The number of amides is 1. The zero-order valence-electron chi connectivity index (χ0n) is 14.5. The van der Waals surface area contributed by atoms with Gasteiger partial charge in [0.25, 0.3) is 5.91 Å². The molecular weight excluding hydrogens is 350 g/mol. The summed E-state index contributed by atoms with van der Waals surface area (Å²) >= 11 is 3.96. The topological polar surface area (TPSA) is 38.3 Å². The van der Waals surface area contributed by atoms with E-state index >= 15 is 0 Å². The highest BCUT2D eigenvalue weighted by molar-refractivity contribution is 8.19. The largest absolute Gasteiger partial charge is 0.484 e. The summed E-state index contributed by atoms with van der Waals surface area (Å²) in [5, 5.41) is 2.95. The highest BCUT2D eigenvalue weighted by Gasteiger charge is 2.18. The highest BCUT2D eigenvalue weighted by atomic mass is 32.2. The zero-order valence-corrected chi connectivity index (χ0v) is 16.2. The molecule has 1 heterocycles. The first-order valence-electron chi connectivity index (χ1n) is 8.48. The molecule has 0 unspecified atom stereocenters. The molecule has 0 saturated carbocycles. The molecule has 1 aliphatic rings. The minimum Gasteiger partial charge on any atom is -0.484 e. The molecule has 25 heavy (non-hydrogen) atoms. The number of rotatable bonds is 6. The molecule has 132 valence electrons. The number of thioether (sulfide) groups is 2. The number of para-hydroxylation sites is 1. The second kappa shape index (κ2) is 8.68. The molecular formula is C20H23NO2S2. The Balaban J connectivity index is 1.54. The van der Waals surface area contributed by atoms with Gasteiger partial charge in [0.2, 0.25) is 0 Å². The van der Waals surface area contributed by atoms with Crippen LogP contribution in [-0.4, -0.2) is 24.0 Å². The number of benzene rings is 2. The number of hydrogen-bond donors (Lipinski definition) is 1. The number of ether oxygens (including phenoxy) is 1. The maximum Gasteiger partial charge on any atom is 0.262 e. The van der Waals surface area contributed by atoms with E-state index in [9.17, 15) is 4.79 Å². The van der Waals surface area contributed by atoms with E-state index in [1.54, 1.807) is 0 Å². The quantitative estimate of drug-likeness (QED) is 0.745. The summed E-state index contributed by atoms with van der Waals surface area (Å²) in [6.45, 7) is 4.24. The summed E-state index contributed by atoms with van der Waals surface area (Å²) in [6, 6.07) is 16.0. The fraction of sp³-hybridized carbons (Fsp3) is 0.350. The monoisotopic (exact) mass is 373 g/mol. The Bertz CT molecular complexity index is 710. The van der Waals surface area contributed by atoms with Gasteiger partial charge >= 0.3 is 0 Å². The van der Waals surface area contributed by atoms with Crippen molar-refractivity contribution >= 4 is 35.1 Å². The van der Waals surface area contributed by atoms with Gasteiger partial charge in [-0.25, -0.2) is 0 Å². The predicted molar refractivity (Wildman–Crippen MR) is 109 cm³/mol. The molecule has 0 bridgehead atoms. The third kappa shape index (κ3) is 4.95. The van der Waals surface area contributed by atoms with Crippen LogP contribution in [0.4, 0.5) is 5.69 Å². The van der Waals surface area contributed by atoms with E-state index in [0.29, 0.717) is 10.5 Å². The van der Waals surface area contributed by atoms with Crippen molar-refractivity contribution in [2.24, 2.45) is 0 Å². The molecule has 0 radical (unpaired) electrons. The molecule has 0 aliphatic carbocycles. The summed E-state index contributed by atoms with van der Waals surface area (Å²) < 4.78 is 6.16. The van der Waals surface area contributed by atoms with Gasteiger partial charge in [0.15, 0.2) is 6.61 Å². The third-order valence-electron chi connectivity index (χ3n) is 4.00. The number of carbonyl (C=O) groups is 1. The summed E-state index contributed by atoms with van der Waals surface area (Å²) in [6.07, 6.45) is 0. The van der Waals surface area contributed by atoms with Crippen molar-refractivity contribution in [2.75, 3.05) is 23.4 Å². The fourth-order valence-corrected chi connectivity index (χ4v) is 5.58. The average Bonchev–Trinajstić information content (AvgIpc) is 3.15. The molecule has 3 rings (SSSR count). The molecule has 1 N–H and O–H groups in total. The summed E-state index contributed by atoms with van der Waals surface area (Å²) in [7, 11) is 0. The lowest BCUT2D eigenvalue weighted by atomic mass is 10.0. The van der Waals surface area contributed by atoms with Crippen molar-refractivity contribution in [2.45, 2.75) is 24.3 Å². The first-order chi connectivity index (χ1) is 12.1. The molecule has 0 aromatic heterocycles. The van der Waals surface area contributed by atoms with Crippen LogP contribution in [0.25, 0.3) is 0 Å². The van der Waals surface area contributed by atoms with Crippen LogP contribution in [0.2, 0.25) is 0 Å². The van der Waals surface area contributed by atoms with Gasteiger partial charge in [-0.3, -0.25) is 4.79 Å². The third-order valence-corrected chi connectivity index (χ3v) is 7.11. The van der Waals surface area contributed by atoms with Crippen molar-refractivity contribution in [3.63, 3.8) is 0 Å². The van der Waals surface area contributed by atoms with Crippen molar-refractivity contribution in [3.05, 3.63) is 59.7 Å². The van der Waals surface area contributed by atoms with Crippen LogP contribution >= 0.6 is 23.5 Å². The van der Waals surface area contributed by atoms with Gasteiger partial charge in [-0.05, 0) is 35.2 Å². The Morgan fingerprint density at radius 3 is 2.48 bits per heavy atom. The van der Waals surface area contributed by atoms with Crippen LogP contribution in [0, 0.1) is 0 Å². The van der Waals surface area contributed by atoms with E-state index in [1.807, 2.05) is 59.9 Å². The summed E-state index contributed by atoms with van der Waals surface area (Å²) in [5.74, 6) is 3.37. The van der Waals surface area contributed by atoms with E-state index in [0.717, 1.165) is 17.0 Å². The van der Waals surface area contributed by atoms with Crippen LogP contribution in [-0.2, 0) is 4.79 Å². The van der Waals surface area contributed by atoms with Gasteiger partial charge < -0.3 is 10.1 Å². The maximum absolute atomic E-state index is 12.2. The molecule has 1 fully saturated rings. The smallest absolute Gasteiger partial charge is 0.262 e. The molecule has 1 amide bonds. The number of anilines is 1. The Morgan fingerprint density at radius 2 is 1.80 bits per heavy atom. The first-order valence-corrected chi connectivity index (χ1v) is 10.6. The lowest BCUT2D eigenvalue weighted by molar-refractivity contribution is -0.118. The Kier molecular flexibility index (Phi) is 6.32. The van der Waals surface area contributed by atoms with Gasteiger partial charge in [-0.2, -0.15) is 0 Å². The molecule has 2 aromatic rings. The summed E-state index contributed by atoms with van der Waals surface area (Å²) in [5.41, 5.74) is 3.30. The van der Waals surface area contributed by atoms with Gasteiger partial charge in [-0.1, -0.05) is 44.2 Å². The fourth-order valence-electron chi connectivity index (χ4n) is 2.72. The summed E-state index contributed by atoms with van der Waals surface area (Å²) in [4.78, 5) is 12.2. The van der Waals surface area contributed by atoms with Gasteiger partial charge in [0, 0.05) is 17.2 Å². The second-order valence-corrected chi connectivity index (χ2v) is 8.95. The van der Waals surface area contributed by atoms with Crippen LogP contribution in [0.15, 0.2) is 48.5 Å². The average molecular weight is 374 g/mol. The SMILES string of the molecule is CC(C)c1ccccc1NC(=O)COc1ccc(C2SCCS2)cc1. The normalized spacial score (nSPS) is 14.7. The van der Waals surface area contributed by atoms with E-state index in [1.165, 1.54) is 17.1 Å². The molecule has 2 aromatic carbocycles. The number of carbonyl (C=O) groups excluding carboxylic acids is 1. The molecule has 1 aliphatic heterocycles. The van der Waals surface area contributed by atoms with Crippen molar-refractivity contribution in [1.82, 2.24) is 0 Å². The molecule has 3 nitrogen and oxygen atoms in total. The van der Waals surface area contributed by atoms with Crippen LogP contribution < -0.4 is 10.1 Å². The van der Waals surface area contributed by atoms with Crippen molar-refractivity contribution in [3.8, 4) is 5.75 Å². The van der Waals surface area contributed by atoms with E-state index in [-0.39, 0.29) is 12.5 Å².